The Morgan fingerprint density at radius 2 is 1.30 bits per heavy atom. The van der Waals surface area contributed by atoms with Gasteiger partial charge in [-0.1, -0.05) is 0 Å². The van der Waals surface area contributed by atoms with Crippen LogP contribution in [0.1, 0.15) is 22.8 Å². The number of halogens is 6. The predicted octanol–water partition coefficient (Wildman–Crippen LogP) is 2.64. The molecule has 0 saturated heterocycles. The maximum Gasteiger partial charge on any atom is 0.416 e. The van der Waals surface area contributed by atoms with Crippen LogP contribution in [-0.2, 0) is 12.4 Å². The first-order valence-corrected chi connectivity index (χ1v) is 5.02. The summed E-state index contributed by atoms with van der Waals surface area (Å²) in [6.07, 6.45) is -14.4. The number of alkyl halides is 6. The summed E-state index contributed by atoms with van der Waals surface area (Å²) >= 11 is 0. The average molecular weight is 299 g/mol. The zero-order chi connectivity index (χ0) is 15.7. The molecule has 1 aromatic carbocycles. The molecule has 0 aromatic heterocycles. The van der Waals surface area contributed by atoms with Crippen LogP contribution >= 0.6 is 0 Å². The third-order valence-corrected chi connectivity index (χ3v) is 2.38. The number of rotatable bonds is 2. The van der Waals surface area contributed by atoms with E-state index < -0.39 is 41.3 Å². The average Bonchev–Trinajstić information content (AvgIpc) is 2.34. The minimum absolute atomic E-state index is 0.116. The molecule has 9 heteroatoms. The van der Waals surface area contributed by atoms with Crippen LogP contribution in [0.5, 0.6) is 0 Å². The smallest absolute Gasteiger partial charge is 0.385 e. The summed E-state index contributed by atoms with van der Waals surface area (Å²) in [6, 6.07) is 1.51. The monoisotopic (exact) mass is 299 g/mol. The minimum atomic E-state index is -5.06. The molecule has 0 fully saturated rings. The van der Waals surface area contributed by atoms with Gasteiger partial charge in [0.1, 0.15) is 6.10 Å². The number of nitrogens with zero attached hydrogens (tertiary/aromatic N) is 1. The summed E-state index contributed by atoms with van der Waals surface area (Å²) < 4.78 is 75.0. The molecule has 110 valence electrons. The lowest BCUT2D eigenvalue weighted by Gasteiger charge is -2.17. The molecule has 1 rings (SSSR count). The molecular formula is C11H7F6NO2. The van der Waals surface area contributed by atoms with Gasteiger partial charge in [-0.15, -0.1) is 0 Å². The van der Waals surface area contributed by atoms with Gasteiger partial charge in [-0.05, 0) is 23.8 Å². The van der Waals surface area contributed by atoms with Gasteiger partial charge >= 0.3 is 12.4 Å². The lowest BCUT2D eigenvalue weighted by Crippen LogP contribution is -2.18. The largest absolute Gasteiger partial charge is 0.416 e. The van der Waals surface area contributed by atoms with Crippen LogP contribution in [0, 0.1) is 11.3 Å². The SMILES string of the molecule is N#CC(O)C(O)c1cc(C(F)(F)F)cc(C(F)(F)F)c1. The molecule has 2 N–H and O–H groups in total. The van der Waals surface area contributed by atoms with Gasteiger partial charge in [0.2, 0.25) is 0 Å². The van der Waals surface area contributed by atoms with E-state index in [4.69, 9.17) is 10.4 Å². The van der Waals surface area contributed by atoms with Crippen molar-refractivity contribution < 1.29 is 36.6 Å². The Morgan fingerprint density at radius 3 is 1.60 bits per heavy atom. The zero-order valence-corrected chi connectivity index (χ0v) is 9.50. The molecular weight excluding hydrogens is 292 g/mol. The van der Waals surface area contributed by atoms with Gasteiger partial charge in [0.15, 0.2) is 6.10 Å². The Balaban J connectivity index is 3.43. The van der Waals surface area contributed by atoms with Crippen LogP contribution in [0.25, 0.3) is 0 Å². The third-order valence-electron chi connectivity index (χ3n) is 2.38. The highest BCUT2D eigenvalue weighted by Crippen LogP contribution is 2.37. The number of benzene rings is 1. The molecule has 2 unspecified atom stereocenters. The van der Waals surface area contributed by atoms with Crippen LogP contribution < -0.4 is 0 Å². The molecule has 2 atom stereocenters. The van der Waals surface area contributed by atoms with Crippen molar-refractivity contribution in [1.82, 2.24) is 0 Å². The normalized spacial score (nSPS) is 15.6. The maximum absolute atomic E-state index is 12.5. The van der Waals surface area contributed by atoms with Crippen LogP contribution in [0.15, 0.2) is 18.2 Å². The van der Waals surface area contributed by atoms with Gasteiger partial charge in [0.05, 0.1) is 17.2 Å². The second-order valence-electron chi connectivity index (χ2n) is 3.86. The first-order valence-electron chi connectivity index (χ1n) is 5.02. The molecule has 0 aliphatic heterocycles. The van der Waals surface area contributed by atoms with Gasteiger partial charge < -0.3 is 10.2 Å². The Morgan fingerprint density at radius 1 is 0.900 bits per heavy atom. The first kappa shape index (κ1) is 16.3. The van der Waals surface area contributed by atoms with E-state index in [0.717, 1.165) is 6.07 Å². The van der Waals surface area contributed by atoms with Gasteiger partial charge in [0, 0.05) is 0 Å². The Hall–Kier alpha value is -1.79. The minimum Gasteiger partial charge on any atom is -0.385 e. The van der Waals surface area contributed by atoms with Crippen LogP contribution in [0.4, 0.5) is 26.3 Å². The highest BCUT2D eigenvalue weighted by atomic mass is 19.4. The molecule has 3 nitrogen and oxygen atoms in total. The van der Waals surface area contributed by atoms with Crippen molar-refractivity contribution in [1.29, 1.82) is 5.26 Å². The van der Waals surface area contributed by atoms with Gasteiger partial charge in [-0.3, -0.25) is 0 Å². The molecule has 0 bridgehead atoms. The highest BCUT2D eigenvalue weighted by molar-refractivity contribution is 5.35. The molecule has 0 aliphatic rings. The first-order chi connectivity index (χ1) is 8.96. The van der Waals surface area contributed by atoms with Crippen molar-refractivity contribution >= 4 is 0 Å². The number of aliphatic hydroxyl groups excluding tert-OH is 2. The Kier molecular flexibility index (Phi) is 4.31. The summed E-state index contributed by atoms with van der Waals surface area (Å²) in [5, 5.41) is 26.7. The summed E-state index contributed by atoms with van der Waals surface area (Å²) in [5.74, 6) is 0. The fourth-order valence-corrected chi connectivity index (χ4v) is 1.40. The van der Waals surface area contributed by atoms with Crippen LogP contribution in [0.3, 0.4) is 0 Å². The predicted molar refractivity (Wildman–Crippen MR) is 53.0 cm³/mol. The number of hydrogen-bond acceptors (Lipinski definition) is 3. The van der Waals surface area contributed by atoms with E-state index >= 15 is 0 Å². The molecule has 20 heavy (non-hydrogen) atoms. The van der Waals surface area contributed by atoms with Crippen molar-refractivity contribution in [2.24, 2.45) is 0 Å². The molecule has 0 aliphatic carbocycles. The van der Waals surface area contributed by atoms with E-state index in [1.165, 1.54) is 0 Å². The summed E-state index contributed by atoms with van der Waals surface area (Å²) in [5.41, 5.74) is -4.11. The topological polar surface area (TPSA) is 64.2 Å². The van der Waals surface area contributed by atoms with E-state index in [0.29, 0.717) is 0 Å². The Bertz CT molecular complexity index is 499. The summed E-state index contributed by atoms with van der Waals surface area (Å²) in [6.45, 7) is 0. The molecule has 0 radical (unpaired) electrons. The van der Waals surface area contributed by atoms with E-state index in [-0.39, 0.29) is 18.2 Å². The second-order valence-corrected chi connectivity index (χ2v) is 3.86. The van der Waals surface area contributed by atoms with Gasteiger partial charge in [-0.2, -0.15) is 31.6 Å². The molecule has 0 amide bonds. The number of nitriles is 1. The molecule has 0 heterocycles. The summed E-state index contributed by atoms with van der Waals surface area (Å²) in [4.78, 5) is 0. The van der Waals surface area contributed by atoms with Crippen molar-refractivity contribution in [2.75, 3.05) is 0 Å². The van der Waals surface area contributed by atoms with Crippen molar-refractivity contribution in [2.45, 2.75) is 24.6 Å². The van der Waals surface area contributed by atoms with Crippen molar-refractivity contribution in [3.8, 4) is 6.07 Å². The standard InChI is InChI=1S/C11H7F6NO2/c12-10(13,14)6-1-5(9(20)8(19)4-18)2-7(3-6)11(15,16)17/h1-3,8-9,19-20H. The van der Waals surface area contributed by atoms with Crippen molar-refractivity contribution in [3.05, 3.63) is 34.9 Å². The van der Waals surface area contributed by atoms with E-state index in [9.17, 15) is 31.4 Å². The van der Waals surface area contributed by atoms with Gasteiger partial charge in [-0.25, -0.2) is 0 Å². The Labute approximate surface area is 108 Å². The number of hydrogen-bond donors (Lipinski definition) is 2. The quantitative estimate of drug-likeness (QED) is 0.652. The van der Waals surface area contributed by atoms with E-state index in [1.807, 2.05) is 0 Å². The fourth-order valence-electron chi connectivity index (χ4n) is 1.40. The fraction of sp³-hybridized carbons (Fsp3) is 0.364. The van der Waals surface area contributed by atoms with Crippen LogP contribution in [-0.4, -0.2) is 16.3 Å². The lowest BCUT2D eigenvalue weighted by molar-refractivity contribution is -0.143. The lowest BCUT2D eigenvalue weighted by atomic mass is 9.98. The van der Waals surface area contributed by atoms with Crippen LogP contribution in [0.2, 0.25) is 0 Å². The highest BCUT2D eigenvalue weighted by Gasteiger charge is 2.37. The van der Waals surface area contributed by atoms with Gasteiger partial charge in [0.25, 0.3) is 0 Å². The zero-order valence-electron chi connectivity index (χ0n) is 9.50. The second kappa shape index (κ2) is 5.30. The third kappa shape index (κ3) is 3.61. The summed E-state index contributed by atoms with van der Waals surface area (Å²) in [7, 11) is 0. The van der Waals surface area contributed by atoms with E-state index in [2.05, 4.69) is 0 Å². The van der Waals surface area contributed by atoms with E-state index in [1.54, 1.807) is 0 Å². The maximum atomic E-state index is 12.5. The molecule has 0 saturated carbocycles. The molecule has 1 aromatic rings. The van der Waals surface area contributed by atoms with Crippen molar-refractivity contribution in [3.63, 3.8) is 0 Å². The number of aliphatic hydroxyl groups is 2. The molecule has 0 spiro atoms.